The zero-order chi connectivity index (χ0) is 22.1. The van der Waals surface area contributed by atoms with Gasteiger partial charge in [0.2, 0.25) is 0 Å². The van der Waals surface area contributed by atoms with Crippen molar-refractivity contribution in [3.05, 3.63) is 59.9 Å². The summed E-state index contributed by atoms with van der Waals surface area (Å²) in [4.78, 5) is 14.5. The Kier molecular flexibility index (Phi) is 5.99. The average molecular weight is 469 g/mol. The summed E-state index contributed by atoms with van der Waals surface area (Å²) in [6.07, 6.45) is 3.73. The van der Waals surface area contributed by atoms with Gasteiger partial charge in [-0.25, -0.2) is 14.2 Å². The lowest BCUT2D eigenvalue weighted by Crippen LogP contribution is -2.44. The van der Waals surface area contributed by atoms with Crippen molar-refractivity contribution in [2.24, 2.45) is 0 Å². The highest BCUT2D eigenvalue weighted by atomic mass is 35.5. The van der Waals surface area contributed by atoms with Crippen molar-refractivity contribution in [1.82, 2.24) is 14.9 Å². The molecule has 1 unspecified atom stereocenters. The van der Waals surface area contributed by atoms with Crippen molar-refractivity contribution in [1.29, 1.82) is 0 Å². The molecule has 0 radical (unpaired) electrons. The first-order valence-corrected chi connectivity index (χ1v) is 12.2. The largest absolute Gasteiger partial charge is 0.367 e. The molecule has 1 saturated heterocycles. The lowest BCUT2D eigenvalue weighted by atomic mass is 10.1. The lowest BCUT2D eigenvalue weighted by Gasteiger charge is -2.33. The van der Waals surface area contributed by atoms with Gasteiger partial charge in [0.1, 0.15) is 5.82 Å². The van der Waals surface area contributed by atoms with Crippen LogP contribution in [0.4, 0.5) is 17.3 Å². The zero-order valence-corrected chi connectivity index (χ0v) is 19.4. The van der Waals surface area contributed by atoms with Crippen molar-refractivity contribution in [3.8, 4) is 11.1 Å². The number of nitrogens with zero attached hydrogens (tertiary/aromatic N) is 5. The highest BCUT2D eigenvalue weighted by Gasteiger charge is 2.25. The van der Waals surface area contributed by atoms with E-state index in [0.717, 1.165) is 54.6 Å². The number of fused-ring (bicyclic) bond motifs is 1. The van der Waals surface area contributed by atoms with E-state index in [9.17, 15) is 4.21 Å². The van der Waals surface area contributed by atoms with Crippen molar-refractivity contribution < 1.29 is 4.21 Å². The molecule has 0 amide bonds. The summed E-state index contributed by atoms with van der Waals surface area (Å²) in [6.45, 7) is 5.32. The molecule has 2 aliphatic rings. The van der Waals surface area contributed by atoms with E-state index in [1.54, 1.807) is 12.1 Å². The molecule has 0 saturated carbocycles. The molecule has 3 aromatic rings. The van der Waals surface area contributed by atoms with E-state index in [0.29, 0.717) is 23.0 Å². The third-order valence-electron chi connectivity index (χ3n) is 5.88. The first kappa shape index (κ1) is 21.2. The third-order valence-corrected chi connectivity index (χ3v) is 7.83. The summed E-state index contributed by atoms with van der Waals surface area (Å²) in [6, 6.07) is 13.4. The van der Waals surface area contributed by atoms with Gasteiger partial charge in [-0.1, -0.05) is 23.7 Å². The van der Waals surface area contributed by atoms with Crippen LogP contribution in [0, 0.1) is 0 Å². The van der Waals surface area contributed by atoms with Gasteiger partial charge < -0.3 is 15.1 Å². The van der Waals surface area contributed by atoms with E-state index in [1.165, 1.54) is 0 Å². The van der Waals surface area contributed by atoms with Crippen LogP contribution < -0.4 is 14.5 Å². The van der Waals surface area contributed by atoms with Gasteiger partial charge in [-0.3, -0.25) is 4.31 Å². The Bertz CT molecular complexity index is 1130. The first-order valence-electron chi connectivity index (χ1n) is 10.7. The Morgan fingerprint density at radius 2 is 1.75 bits per heavy atom. The molecular weight excluding hydrogens is 444 g/mol. The number of anilines is 3. The number of benzene rings is 1. The van der Waals surface area contributed by atoms with E-state index in [4.69, 9.17) is 16.6 Å². The van der Waals surface area contributed by atoms with Crippen LogP contribution in [0.15, 0.2) is 59.8 Å². The second-order valence-electron chi connectivity index (χ2n) is 8.00. The van der Waals surface area contributed by atoms with Crippen LogP contribution in [0.3, 0.4) is 0 Å². The third kappa shape index (κ3) is 4.18. The second kappa shape index (κ2) is 9.05. The number of rotatable bonds is 4. The van der Waals surface area contributed by atoms with Crippen LogP contribution in [-0.2, 0) is 11.0 Å². The van der Waals surface area contributed by atoms with Crippen LogP contribution in [0.5, 0.6) is 0 Å². The monoisotopic (exact) mass is 468 g/mol. The maximum atomic E-state index is 13.3. The standard InChI is InChI=1S/C23H25ClN6OS/c1-28-10-12-29(13-11-28)22-7-6-17(15-26-22)18-14-20-23(27-16-18)25-8-9-30(20)32(31)21-5-3-2-4-19(21)24/h2-7,14-16H,8-13H2,1H3,(H,25,27). The Morgan fingerprint density at radius 3 is 2.50 bits per heavy atom. The van der Waals surface area contributed by atoms with E-state index in [2.05, 4.69) is 39.3 Å². The molecule has 5 rings (SSSR count). The summed E-state index contributed by atoms with van der Waals surface area (Å²) in [7, 11) is 0.724. The van der Waals surface area contributed by atoms with Gasteiger partial charge in [-0.15, -0.1) is 0 Å². The van der Waals surface area contributed by atoms with Crippen LogP contribution in [0.25, 0.3) is 11.1 Å². The summed E-state index contributed by atoms with van der Waals surface area (Å²) in [5.74, 6) is 1.72. The van der Waals surface area contributed by atoms with Gasteiger partial charge in [0.05, 0.1) is 15.6 Å². The van der Waals surface area contributed by atoms with E-state index < -0.39 is 11.0 Å². The van der Waals surface area contributed by atoms with Crippen LogP contribution in [0.2, 0.25) is 5.02 Å². The van der Waals surface area contributed by atoms with Crippen LogP contribution in [0.1, 0.15) is 0 Å². The van der Waals surface area contributed by atoms with E-state index in [1.807, 2.05) is 34.9 Å². The molecule has 1 fully saturated rings. The molecule has 166 valence electrons. The average Bonchev–Trinajstić information content (AvgIpc) is 2.84. The molecule has 0 aliphatic carbocycles. The molecule has 2 aromatic heterocycles. The van der Waals surface area contributed by atoms with Crippen molar-refractivity contribution >= 4 is 39.9 Å². The van der Waals surface area contributed by atoms with Crippen molar-refractivity contribution in [3.63, 3.8) is 0 Å². The number of halogens is 1. The predicted octanol–water partition coefficient (Wildman–Crippen LogP) is 3.50. The van der Waals surface area contributed by atoms with Crippen molar-refractivity contribution in [2.45, 2.75) is 4.90 Å². The van der Waals surface area contributed by atoms with Gasteiger partial charge in [0.15, 0.2) is 16.8 Å². The molecule has 1 aromatic carbocycles. The smallest absolute Gasteiger partial charge is 0.154 e. The van der Waals surface area contributed by atoms with Gasteiger partial charge in [-0.05, 0) is 37.4 Å². The highest BCUT2D eigenvalue weighted by molar-refractivity contribution is 7.86. The topological polar surface area (TPSA) is 64.6 Å². The molecule has 1 N–H and O–H groups in total. The fraction of sp³-hybridized carbons (Fsp3) is 0.304. The zero-order valence-electron chi connectivity index (χ0n) is 17.9. The van der Waals surface area contributed by atoms with Gasteiger partial charge in [0.25, 0.3) is 0 Å². The first-order chi connectivity index (χ1) is 15.6. The molecule has 9 heteroatoms. The number of hydrogen-bond acceptors (Lipinski definition) is 6. The number of aromatic nitrogens is 2. The summed E-state index contributed by atoms with van der Waals surface area (Å²) < 4.78 is 15.2. The van der Waals surface area contributed by atoms with Gasteiger partial charge in [0, 0.05) is 62.8 Å². The van der Waals surface area contributed by atoms with Crippen molar-refractivity contribution in [2.75, 3.05) is 60.8 Å². The minimum atomic E-state index is -1.42. The summed E-state index contributed by atoms with van der Waals surface area (Å²) >= 11 is 6.31. The molecule has 0 spiro atoms. The van der Waals surface area contributed by atoms with Crippen LogP contribution >= 0.6 is 11.6 Å². The quantitative estimate of drug-likeness (QED) is 0.632. The molecule has 1 atom stereocenters. The second-order valence-corrected chi connectivity index (χ2v) is 9.78. The normalized spacial score (nSPS) is 17.6. The fourth-order valence-electron chi connectivity index (χ4n) is 3.99. The van der Waals surface area contributed by atoms with Crippen LogP contribution in [-0.4, -0.2) is 65.4 Å². The Hall–Kier alpha value is -2.68. The molecular formula is C23H25ClN6OS. The minimum absolute atomic E-state index is 0.499. The molecule has 4 heterocycles. The van der Waals surface area contributed by atoms with E-state index in [-0.39, 0.29) is 0 Å². The number of piperazine rings is 1. The minimum Gasteiger partial charge on any atom is -0.367 e. The molecule has 0 bridgehead atoms. The Balaban J connectivity index is 1.42. The van der Waals surface area contributed by atoms with E-state index >= 15 is 0 Å². The Labute approximate surface area is 195 Å². The van der Waals surface area contributed by atoms with Gasteiger partial charge >= 0.3 is 0 Å². The van der Waals surface area contributed by atoms with Gasteiger partial charge in [-0.2, -0.15) is 0 Å². The predicted molar refractivity (Wildman–Crippen MR) is 131 cm³/mol. The number of hydrogen-bond donors (Lipinski definition) is 1. The summed E-state index contributed by atoms with van der Waals surface area (Å²) in [5.41, 5.74) is 2.72. The molecule has 2 aliphatic heterocycles. The maximum absolute atomic E-state index is 13.3. The maximum Gasteiger partial charge on any atom is 0.154 e. The fourth-order valence-corrected chi connectivity index (χ4v) is 5.57. The molecule has 7 nitrogen and oxygen atoms in total. The SMILES string of the molecule is CN1CCN(c2ccc(-c3cnc4c(c3)N(S(=O)c3ccccc3Cl)CCN4)cn2)CC1. The Morgan fingerprint density at radius 1 is 0.969 bits per heavy atom. The lowest BCUT2D eigenvalue weighted by molar-refractivity contribution is 0.312. The number of pyridine rings is 2. The summed E-state index contributed by atoms with van der Waals surface area (Å²) in [5, 5.41) is 3.80. The molecule has 32 heavy (non-hydrogen) atoms. The number of nitrogens with one attached hydrogen (secondary N) is 1. The number of likely N-dealkylation sites (N-methyl/N-ethyl adjacent to an activating group) is 1. The highest BCUT2D eigenvalue weighted by Crippen LogP contribution is 2.35.